The molecule has 1 N–H and O–H groups in total. The molecular weight excluding hydrogens is 412 g/mol. The Morgan fingerprint density at radius 1 is 1.21 bits per heavy atom. The van der Waals surface area contributed by atoms with Gasteiger partial charge in [0.15, 0.2) is 0 Å². The van der Waals surface area contributed by atoms with Gasteiger partial charge in [0.2, 0.25) is 21.1 Å². The molecule has 0 spiro atoms. The molecule has 0 saturated carbocycles. The Balaban J connectivity index is 1.84. The highest BCUT2D eigenvalue weighted by Crippen LogP contribution is 2.28. The molecule has 160 valence electrons. The van der Waals surface area contributed by atoms with Gasteiger partial charge in [-0.2, -0.15) is 0 Å². The van der Waals surface area contributed by atoms with Crippen LogP contribution in [0.15, 0.2) is 29.2 Å². The Labute approximate surface area is 176 Å². The van der Waals surface area contributed by atoms with E-state index in [1.165, 1.54) is 41.9 Å². The molecule has 29 heavy (non-hydrogen) atoms. The van der Waals surface area contributed by atoms with Crippen molar-refractivity contribution < 1.29 is 17.9 Å². The standard InChI is InChI=1S/C19H28N4O4S2/c1-5-14(6-2)18-21-22-19(28-18)20-17(24)8-7-13-23(3)29(25,26)16-11-9-15(27-4)10-12-16/h9-12,14H,5-8,13H2,1-4H3,(H,20,22,24). The van der Waals surface area contributed by atoms with Crippen LogP contribution in [-0.4, -0.2) is 49.5 Å². The van der Waals surface area contributed by atoms with Crippen molar-refractivity contribution in [3.63, 3.8) is 0 Å². The quantitative estimate of drug-likeness (QED) is 0.574. The van der Waals surface area contributed by atoms with Crippen LogP contribution in [0.4, 0.5) is 5.13 Å². The third-order valence-electron chi connectivity index (χ3n) is 4.67. The van der Waals surface area contributed by atoms with E-state index in [1.54, 1.807) is 12.1 Å². The topological polar surface area (TPSA) is 101 Å². The number of anilines is 1. The van der Waals surface area contributed by atoms with Crippen molar-refractivity contribution >= 4 is 32.4 Å². The first kappa shape index (κ1) is 23.2. The second kappa shape index (κ2) is 10.7. The average molecular weight is 441 g/mol. The summed E-state index contributed by atoms with van der Waals surface area (Å²) in [5.41, 5.74) is 0. The largest absolute Gasteiger partial charge is 0.497 e. The zero-order valence-corrected chi connectivity index (χ0v) is 18.8. The minimum Gasteiger partial charge on any atom is -0.497 e. The molecular formula is C19H28N4O4S2. The maximum Gasteiger partial charge on any atom is 0.242 e. The lowest BCUT2D eigenvalue weighted by Gasteiger charge is -2.17. The van der Waals surface area contributed by atoms with E-state index in [-0.39, 0.29) is 23.8 Å². The minimum atomic E-state index is -3.61. The van der Waals surface area contributed by atoms with Gasteiger partial charge in [-0.3, -0.25) is 4.79 Å². The predicted octanol–water partition coefficient (Wildman–Crippen LogP) is 3.49. The van der Waals surface area contributed by atoms with Crippen LogP contribution < -0.4 is 10.1 Å². The van der Waals surface area contributed by atoms with Crippen molar-refractivity contribution in [3.8, 4) is 5.75 Å². The second-order valence-electron chi connectivity index (χ2n) is 6.61. The van der Waals surface area contributed by atoms with E-state index in [4.69, 9.17) is 4.74 Å². The molecule has 0 aliphatic heterocycles. The molecule has 0 fully saturated rings. The van der Waals surface area contributed by atoms with Crippen LogP contribution in [-0.2, 0) is 14.8 Å². The number of carbonyl (C=O) groups excluding carboxylic acids is 1. The Morgan fingerprint density at radius 2 is 1.86 bits per heavy atom. The van der Waals surface area contributed by atoms with Gasteiger partial charge in [-0.25, -0.2) is 12.7 Å². The summed E-state index contributed by atoms with van der Waals surface area (Å²) in [4.78, 5) is 12.3. The number of ether oxygens (including phenoxy) is 1. The van der Waals surface area contributed by atoms with Gasteiger partial charge in [-0.05, 0) is 43.5 Å². The van der Waals surface area contributed by atoms with Crippen LogP contribution >= 0.6 is 11.3 Å². The molecule has 0 saturated heterocycles. The van der Waals surface area contributed by atoms with Crippen molar-refractivity contribution in [1.82, 2.24) is 14.5 Å². The number of methoxy groups -OCH3 is 1. The Bertz CT molecular complexity index is 893. The number of rotatable bonds is 11. The lowest BCUT2D eigenvalue weighted by Crippen LogP contribution is -2.28. The Morgan fingerprint density at radius 3 is 2.45 bits per heavy atom. The minimum absolute atomic E-state index is 0.188. The summed E-state index contributed by atoms with van der Waals surface area (Å²) in [5.74, 6) is 0.745. The number of amides is 1. The van der Waals surface area contributed by atoms with Crippen LogP contribution in [0, 0.1) is 0 Å². The zero-order valence-electron chi connectivity index (χ0n) is 17.2. The Kier molecular flexibility index (Phi) is 8.54. The predicted molar refractivity (Wildman–Crippen MR) is 114 cm³/mol. The van der Waals surface area contributed by atoms with Crippen LogP contribution in [0.5, 0.6) is 5.75 Å². The molecule has 0 aliphatic rings. The normalized spacial score (nSPS) is 11.8. The number of sulfonamides is 1. The van der Waals surface area contributed by atoms with Crippen molar-refractivity contribution in [2.24, 2.45) is 0 Å². The monoisotopic (exact) mass is 440 g/mol. The van der Waals surface area contributed by atoms with Gasteiger partial charge in [0, 0.05) is 25.9 Å². The van der Waals surface area contributed by atoms with Gasteiger partial charge in [0.05, 0.1) is 12.0 Å². The van der Waals surface area contributed by atoms with Gasteiger partial charge in [-0.1, -0.05) is 25.2 Å². The van der Waals surface area contributed by atoms with E-state index < -0.39 is 10.0 Å². The maximum atomic E-state index is 12.6. The number of nitrogens with zero attached hydrogens (tertiary/aromatic N) is 3. The number of hydrogen-bond acceptors (Lipinski definition) is 7. The molecule has 0 radical (unpaired) electrons. The van der Waals surface area contributed by atoms with E-state index in [2.05, 4.69) is 29.4 Å². The lowest BCUT2D eigenvalue weighted by molar-refractivity contribution is -0.116. The van der Waals surface area contributed by atoms with Crippen LogP contribution in [0.1, 0.15) is 50.5 Å². The molecule has 0 aliphatic carbocycles. The Hall–Kier alpha value is -2.04. The molecule has 1 amide bonds. The van der Waals surface area contributed by atoms with E-state index in [1.807, 2.05) is 0 Å². The van der Waals surface area contributed by atoms with Gasteiger partial charge in [0.25, 0.3) is 0 Å². The number of hydrogen-bond donors (Lipinski definition) is 1. The van der Waals surface area contributed by atoms with Gasteiger partial charge < -0.3 is 10.1 Å². The van der Waals surface area contributed by atoms with Crippen molar-refractivity contribution in [1.29, 1.82) is 0 Å². The molecule has 10 heteroatoms. The molecule has 0 atom stereocenters. The summed E-state index contributed by atoms with van der Waals surface area (Å²) in [6.07, 6.45) is 2.56. The molecule has 0 unspecified atom stereocenters. The van der Waals surface area contributed by atoms with E-state index in [9.17, 15) is 13.2 Å². The van der Waals surface area contributed by atoms with Crippen LogP contribution in [0.3, 0.4) is 0 Å². The fraction of sp³-hybridized carbons (Fsp3) is 0.526. The van der Waals surface area contributed by atoms with Crippen LogP contribution in [0.25, 0.3) is 0 Å². The number of carbonyl (C=O) groups is 1. The first-order valence-corrected chi connectivity index (χ1v) is 11.8. The molecule has 1 aromatic heterocycles. The van der Waals surface area contributed by atoms with E-state index in [0.29, 0.717) is 23.2 Å². The summed E-state index contributed by atoms with van der Waals surface area (Å²) in [6.45, 7) is 4.44. The maximum absolute atomic E-state index is 12.6. The number of aromatic nitrogens is 2. The van der Waals surface area contributed by atoms with Gasteiger partial charge in [0.1, 0.15) is 10.8 Å². The van der Waals surface area contributed by atoms with Crippen molar-refractivity contribution in [3.05, 3.63) is 29.3 Å². The number of benzene rings is 1. The fourth-order valence-corrected chi connectivity index (χ4v) is 5.02. The molecule has 1 heterocycles. The fourth-order valence-electron chi connectivity index (χ4n) is 2.78. The third kappa shape index (κ3) is 6.22. The highest BCUT2D eigenvalue weighted by atomic mass is 32.2. The third-order valence-corrected chi connectivity index (χ3v) is 7.54. The highest BCUT2D eigenvalue weighted by molar-refractivity contribution is 7.89. The first-order chi connectivity index (χ1) is 13.8. The summed E-state index contributed by atoms with van der Waals surface area (Å²) < 4.78 is 31.5. The lowest BCUT2D eigenvalue weighted by atomic mass is 10.1. The molecule has 8 nitrogen and oxygen atoms in total. The number of nitrogens with one attached hydrogen (secondary N) is 1. The van der Waals surface area contributed by atoms with Gasteiger partial charge >= 0.3 is 0 Å². The van der Waals surface area contributed by atoms with E-state index >= 15 is 0 Å². The average Bonchev–Trinajstić information content (AvgIpc) is 3.16. The van der Waals surface area contributed by atoms with E-state index in [0.717, 1.165) is 17.8 Å². The van der Waals surface area contributed by atoms with Crippen molar-refractivity contribution in [2.75, 3.05) is 26.0 Å². The SMILES string of the molecule is CCC(CC)c1nnc(NC(=O)CCCN(C)S(=O)(=O)c2ccc(OC)cc2)s1. The molecule has 2 rings (SSSR count). The van der Waals surface area contributed by atoms with Gasteiger partial charge in [-0.15, -0.1) is 10.2 Å². The summed E-state index contributed by atoms with van der Waals surface area (Å²) in [5, 5.41) is 12.3. The summed E-state index contributed by atoms with van der Waals surface area (Å²) >= 11 is 1.39. The molecule has 0 bridgehead atoms. The summed E-state index contributed by atoms with van der Waals surface area (Å²) in [7, 11) is -0.580. The zero-order chi connectivity index (χ0) is 21.4. The summed E-state index contributed by atoms with van der Waals surface area (Å²) in [6, 6.07) is 6.22. The molecule has 2 aromatic rings. The first-order valence-electron chi connectivity index (χ1n) is 9.55. The second-order valence-corrected chi connectivity index (χ2v) is 9.67. The van der Waals surface area contributed by atoms with Crippen LogP contribution in [0.2, 0.25) is 0 Å². The molecule has 1 aromatic carbocycles. The smallest absolute Gasteiger partial charge is 0.242 e. The highest BCUT2D eigenvalue weighted by Gasteiger charge is 2.21. The van der Waals surface area contributed by atoms with Crippen molar-refractivity contribution in [2.45, 2.75) is 50.3 Å².